The van der Waals surface area contributed by atoms with E-state index < -0.39 is 0 Å². The maximum Gasteiger partial charge on any atom is 0.181 e. The van der Waals surface area contributed by atoms with Gasteiger partial charge in [-0.05, 0) is 5.56 Å². The summed E-state index contributed by atoms with van der Waals surface area (Å²) in [5, 5.41) is 4.21. The van der Waals surface area contributed by atoms with Gasteiger partial charge in [0.25, 0.3) is 0 Å². The fourth-order valence-electron chi connectivity index (χ4n) is 1.26. The SMILES string of the molecule is Cl.Cn1cnc(-c2ccc(CN)cc2)n1. The van der Waals surface area contributed by atoms with E-state index in [1.165, 1.54) is 0 Å². The summed E-state index contributed by atoms with van der Waals surface area (Å²) < 4.78 is 1.69. The van der Waals surface area contributed by atoms with Crippen molar-refractivity contribution >= 4 is 12.4 Å². The smallest absolute Gasteiger partial charge is 0.181 e. The Kier molecular flexibility index (Phi) is 3.82. The predicted molar refractivity (Wildman–Crippen MR) is 61.6 cm³/mol. The molecule has 2 aromatic rings. The Bertz CT molecular complexity index is 421. The molecule has 2 N–H and O–H groups in total. The maximum absolute atomic E-state index is 5.51. The first-order chi connectivity index (χ1) is 6.79. The molecule has 4 nitrogen and oxygen atoms in total. The fourth-order valence-corrected chi connectivity index (χ4v) is 1.26. The summed E-state index contributed by atoms with van der Waals surface area (Å²) in [6.45, 7) is 0.565. The summed E-state index contributed by atoms with van der Waals surface area (Å²) in [6, 6.07) is 7.95. The van der Waals surface area contributed by atoms with Crippen molar-refractivity contribution in [2.45, 2.75) is 6.54 Å². The quantitative estimate of drug-likeness (QED) is 0.838. The van der Waals surface area contributed by atoms with E-state index in [9.17, 15) is 0 Å². The summed E-state index contributed by atoms with van der Waals surface area (Å²) in [5.41, 5.74) is 7.64. The molecule has 0 unspecified atom stereocenters. The third-order valence-electron chi connectivity index (χ3n) is 2.05. The van der Waals surface area contributed by atoms with E-state index in [1.54, 1.807) is 11.0 Å². The fraction of sp³-hybridized carbons (Fsp3) is 0.200. The molecular weight excluding hydrogens is 212 g/mol. The molecule has 0 bridgehead atoms. The molecule has 1 heterocycles. The van der Waals surface area contributed by atoms with Crippen LogP contribution in [0.4, 0.5) is 0 Å². The molecule has 0 saturated heterocycles. The van der Waals surface area contributed by atoms with E-state index in [2.05, 4.69) is 10.1 Å². The molecule has 1 aromatic carbocycles. The lowest BCUT2D eigenvalue weighted by Crippen LogP contribution is -1.95. The highest BCUT2D eigenvalue weighted by molar-refractivity contribution is 5.85. The largest absolute Gasteiger partial charge is 0.326 e. The minimum Gasteiger partial charge on any atom is -0.326 e. The third-order valence-corrected chi connectivity index (χ3v) is 2.05. The maximum atomic E-state index is 5.51. The molecule has 0 aliphatic carbocycles. The molecule has 0 radical (unpaired) electrons. The van der Waals surface area contributed by atoms with Crippen LogP contribution in [0.2, 0.25) is 0 Å². The Morgan fingerprint density at radius 3 is 2.40 bits per heavy atom. The highest BCUT2D eigenvalue weighted by atomic mass is 35.5. The van der Waals surface area contributed by atoms with Gasteiger partial charge in [0.05, 0.1) is 0 Å². The third kappa shape index (κ3) is 2.55. The summed E-state index contributed by atoms with van der Waals surface area (Å²) in [5.74, 6) is 0.746. The standard InChI is InChI=1S/C10H12N4.ClH/c1-14-7-12-10(13-14)9-4-2-8(6-11)3-5-9;/h2-5,7H,6,11H2,1H3;1H. The zero-order valence-electron chi connectivity index (χ0n) is 8.42. The summed E-state index contributed by atoms with van der Waals surface area (Å²) in [4.78, 5) is 4.16. The van der Waals surface area contributed by atoms with Crippen LogP contribution in [0, 0.1) is 0 Å². The number of nitrogens with two attached hydrogens (primary N) is 1. The number of aryl methyl sites for hydroxylation is 1. The number of aromatic nitrogens is 3. The van der Waals surface area contributed by atoms with Gasteiger partial charge in [-0.15, -0.1) is 12.4 Å². The van der Waals surface area contributed by atoms with Crippen LogP contribution in [-0.2, 0) is 13.6 Å². The van der Waals surface area contributed by atoms with Crippen molar-refractivity contribution in [3.63, 3.8) is 0 Å². The zero-order valence-corrected chi connectivity index (χ0v) is 9.24. The molecule has 80 valence electrons. The summed E-state index contributed by atoms with van der Waals surface area (Å²) in [6.07, 6.45) is 1.69. The lowest BCUT2D eigenvalue weighted by Gasteiger charge is -1.97. The minimum absolute atomic E-state index is 0. The molecule has 0 spiro atoms. The van der Waals surface area contributed by atoms with Gasteiger partial charge in [0, 0.05) is 19.2 Å². The van der Waals surface area contributed by atoms with Gasteiger partial charge in [0.15, 0.2) is 5.82 Å². The summed E-state index contributed by atoms with van der Waals surface area (Å²) >= 11 is 0. The second-order valence-corrected chi connectivity index (χ2v) is 3.14. The van der Waals surface area contributed by atoms with Gasteiger partial charge in [0.2, 0.25) is 0 Å². The van der Waals surface area contributed by atoms with Gasteiger partial charge >= 0.3 is 0 Å². The number of rotatable bonds is 2. The Morgan fingerprint density at radius 1 is 1.27 bits per heavy atom. The van der Waals surface area contributed by atoms with Crippen LogP contribution in [0.15, 0.2) is 30.6 Å². The number of benzene rings is 1. The second kappa shape index (κ2) is 4.91. The molecular formula is C10H13ClN4. The summed E-state index contributed by atoms with van der Waals surface area (Å²) in [7, 11) is 1.85. The Morgan fingerprint density at radius 2 is 1.93 bits per heavy atom. The van der Waals surface area contributed by atoms with Crippen LogP contribution in [0.25, 0.3) is 11.4 Å². The average molecular weight is 225 g/mol. The van der Waals surface area contributed by atoms with E-state index in [4.69, 9.17) is 5.73 Å². The first kappa shape index (κ1) is 11.7. The van der Waals surface area contributed by atoms with E-state index >= 15 is 0 Å². The van der Waals surface area contributed by atoms with Crippen molar-refractivity contribution in [1.82, 2.24) is 14.8 Å². The van der Waals surface area contributed by atoms with Crippen LogP contribution in [0.1, 0.15) is 5.56 Å². The molecule has 1 aromatic heterocycles. The van der Waals surface area contributed by atoms with Crippen LogP contribution in [0.5, 0.6) is 0 Å². The first-order valence-corrected chi connectivity index (χ1v) is 4.44. The molecule has 0 saturated carbocycles. The van der Waals surface area contributed by atoms with Crippen molar-refractivity contribution in [2.24, 2.45) is 12.8 Å². The molecule has 0 aliphatic heterocycles. The van der Waals surface area contributed by atoms with Crippen molar-refractivity contribution in [1.29, 1.82) is 0 Å². The van der Waals surface area contributed by atoms with Crippen molar-refractivity contribution < 1.29 is 0 Å². The topological polar surface area (TPSA) is 56.7 Å². The number of hydrogen-bond acceptors (Lipinski definition) is 3. The highest BCUT2D eigenvalue weighted by Crippen LogP contribution is 2.14. The zero-order chi connectivity index (χ0) is 9.97. The molecule has 2 rings (SSSR count). The normalized spacial score (nSPS) is 9.73. The lowest BCUT2D eigenvalue weighted by molar-refractivity contribution is 0.768. The first-order valence-electron chi connectivity index (χ1n) is 4.44. The number of nitrogens with zero attached hydrogens (tertiary/aromatic N) is 3. The monoisotopic (exact) mass is 224 g/mol. The number of halogens is 1. The van der Waals surface area contributed by atoms with E-state index in [0.717, 1.165) is 17.0 Å². The van der Waals surface area contributed by atoms with Gasteiger partial charge < -0.3 is 5.73 Å². The van der Waals surface area contributed by atoms with E-state index in [-0.39, 0.29) is 12.4 Å². The molecule has 0 amide bonds. The average Bonchev–Trinajstić information content (AvgIpc) is 2.65. The predicted octanol–water partition coefficient (Wildman–Crippen LogP) is 1.36. The Balaban J connectivity index is 0.00000112. The molecule has 0 atom stereocenters. The highest BCUT2D eigenvalue weighted by Gasteiger charge is 2.01. The van der Waals surface area contributed by atoms with Gasteiger partial charge in [-0.25, -0.2) is 4.98 Å². The van der Waals surface area contributed by atoms with Crippen LogP contribution >= 0.6 is 12.4 Å². The van der Waals surface area contributed by atoms with Gasteiger partial charge in [-0.2, -0.15) is 5.10 Å². The molecule has 0 aliphatic rings. The molecule has 15 heavy (non-hydrogen) atoms. The lowest BCUT2D eigenvalue weighted by atomic mass is 10.1. The van der Waals surface area contributed by atoms with E-state index in [1.807, 2.05) is 31.3 Å². The Labute approximate surface area is 94.5 Å². The van der Waals surface area contributed by atoms with E-state index in [0.29, 0.717) is 6.54 Å². The Hall–Kier alpha value is -1.39. The number of hydrogen-bond donors (Lipinski definition) is 1. The minimum atomic E-state index is 0. The van der Waals surface area contributed by atoms with Gasteiger partial charge in [-0.3, -0.25) is 4.68 Å². The second-order valence-electron chi connectivity index (χ2n) is 3.14. The van der Waals surface area contributed by atoms with Crippen molar-refractivity contribution in [3.8, 4) is 11.4 Å². The van der Waals surface area contributed by atoms with Crippen molar-refractivity contribution in [3.05, 3.63) is 36.2 Å². The molecule has 0 fully saturated rings. The van der Waals surface area contributed by atoms with Crippen LogP contribution < -0.4 is 5.73 Å². The van der Waals surface area contributed by atoms with Gasteiger partial charge in [-0.1, -0.05) is 24.3 Å². The van der Waals surface area contributed by atoms with Crippen LogP contribution in [0.3, 0.4) is 0 Å². The van der Waals surface area contributed by atoms with Crippen molar-refractivity contribution in [2.75, 3.05) is 0 Å². The van der Waals surface area contributed by atoms with Crippen LogP contribution in [-0.4, -0.2) is 14.8 Å². The van der Waals surface area contributed by atoms with Gasteiger partial charge in [0.1, 0.15) is 6.33 Å². The molecule has 5 heteroatoms.